The van der Waals surface area contributed by atoms with E-state index in [0.29, 0.717) is 17.3 Å². The van der Waals surface area contributed by atoms with Crippen molar-refractivity contribution in [1.82, 2.24) is 9.78 Å². The Bertz CT molecular complexity index is 648. The van der Waals surface area contributed by atoms with E-state index in [2.05, 4.69) is 5.10 Å². The number of hydrogen-bond donors (Lipinski definition) is 1. The van der Waals surface area contributed by atoms with Gasteiger partial charge in [-0.1, -0.05) is 12.2 Å². The van der Waals surface area contributed by atoms with Crippen LogP contribution in [0.15, 0.2) is 30.6 Å². The number of nitrogens with two attached hydrogens (primary N) is 1. The van der Waals surface area contributed by atoms with Gasteiger partial charge < -0.3 is 5.73 Å². The summed E-state index contributed by atoms with van der Waals surface area (Å²) in [6.45, 7) is -0.0105. The van der Waals surface area contributed by atoms with Gasteiger partial charge in [0, 0.05) is 11.8 Å². The first-order valence-electron chi connectivity index (χ1n) is 5.44. The van der Waals surface area contributed by atoms with Crippen molar-refractivity contribution in [1.29, 1.82) is 0 Å². The first-order chi connectivity index (χ1) is 9.25. The lowest BCUT2D eigenvalue weighted by Crippen LogP contribution is -2.11. The largest absolute Gasteiger partial charge is 0.419 e. The molecular weight excluding hydrogens is 294 g/mol. The number of rotatable bonds is 3. The zero-order valence-electron chi connectivity index (χ0n) is 9.99. The molecule has 3 nitrogen and oxygen atoms in total. The summed E-state index contributed by atoms with van der Waals surface area (Å²) in [6.07, 6.45) is -2.89. The Balaban J connectivity index is 2.26. The number of hydrogen-bond acceptors (Lipinski definition) is 2. The smallest absolute Gasteiger partial charge is 0.389 e. The summed E-state index contributed by atoms with van der Waals surface area (Å²) in [5, 5.41) is 3.59. The van der Waals surface area contributed by atoms with Crippen LogP contribution in [0.3, 0.4) is 0 Å². The van der Waals surface area contributed by atoms with Crippen LogP contribution in [0.1, 0.15) is 16.7 Å². The van der Waals surface area contributed by atoms with Crippen LogP contribution in [0.5, 0.6) is 0 Å². The molecule has 0 spiro atoms. The number of nitrogens with zero attached hydrogens (tertiary/aromatic N) is 2. The maximum absolute atomic E-state index is 13.4. The standard InChI is InChI=1S/C12H9F4N3S/c13-10-2-7(1-8(3-10)11(17)20)5-19-6-9(4-18-19)12(14,15)16/h1-4,6H,5H2,(H2,17,20). The van der Waals surface area contributed by atoms with Crippen LogP contribution < -0.4 is 5.73 Å². The second kappa shape index (κ2) is 5.20. The summed E-state index contributed by atoms with van der Waals surface area (Å²) in [7, 11) is 0. The molecule has 1 heterocycles. The topological polar surface area (TPSA) is 43.8 Å². The van der Waals surface area contributed by atoms with Crippen molar-refractivity contribution >= 4 is 17.2 Å². The van der Waals surface area contributed by atoms with Crippen LogP contribution >= 0.6 is 12.2 Å². The highest BCUT2D eigenvalue weighted by Gasteiger charge is 2.32. The van der Waals surface area contributed by atoms with Gasteiger partial charge in [0.1, 0.15) is 10.8 Å². The van der Waals surface area contributed by atoms with E-state index in [1.807, 2.05) is 0 Å². The molecule has 2 aromatic rings. The van der Waals surface area contributed by atoms with Gasteiger partial charge in [-0.15, -0.1) is 0 Å². The Morgan fingerprint density at radius 3 is 2.55 bits per heavy atom. The van der Waals surface area contributed by atoms with E-state index in [9.17, 15) is 17.6 Å². The molecule has 8 heteroatoms. The summed E-state index contributed by atoms with van der Waals surface area (Å²) >= 11 is 4.74. The molecule has 0 aliphatic heterocycles. The SMILES string of the molecule is NC(=S)c1cc(F)cc(Cn2cc(C(F)(F)F)cn2)c1. The minimum atomic E-state index is -4.45. The molecule has 20 heavy (non-hydrogen) atoms. The molecule has 0 atom stereocenters. The van der Waals surface area contributed by atoms with E-state index >= 15 is 0 Å². The van der Waals surface area contributed by atoms with Crippen LogP contribution in [0.2, 0.25) is 0 Å². The lowest BCUT2D eigenvalue weighted by molar-refractivity contribution is -0.137. The molecule has 1 aromatic carbocycles. The summed E-state index contributed by atoms with van der Waals surface area (Å²) in [5.41, 5.74) is 5.28. The summed E-state index contributed by atoms with van der Waals surface area (Å²) in [5.74, 6) is -0.562. The average Bonchev–Trinajstić information content (AvgIpc) is 2.76. The molecule has 2 rings (SSSR count). The fourth-order valence-corrected chi connectivity index (χ4v) is 1.79. The van der Waals surface area contributed by atoms with Gasteiger partial charge in [0.2, 0.25) is 0 Å². The summed E-state index contributed by atoms with van der Waals surface area (Å²) < 4.78 is 51.7. The van der Waals surface area contributed by atoms with Gasteiger partial charge in [-0.05, 0) is 23.8 Å². The Morgan fingerprint density at radius 2 is 2.00 bits per heavy atom. The van der Waals surface area contributed by atoms with Crippen molar-refractivity contribution in [2.24, 2.45) is 5.73 Å². The molecule has 0 amide bonds. The fraction of sp³-hybridized carbons (Fsp3) is 0.167. The Hall–Kier alpha value is -1.96. The van der Waals surface area contributed by atoms with Gasteiger partial charge in [-0.3, -0.25) is 4.68 Å². The van der Waals surface area contributed by atoms with E-state index in [0.717, 1.165) is 16.9 Å². The predicted octanol–water partition coefficient (Wildman–Crippen LogP) is 2.72. The maximum Gasteiger partial charge on any atom is 0.419 e. The molecular formula is C12H9F4N3S. The van der Waals surface area contributed by atoms with Crippen molar-refractivity contribution in [3.8, 4) is 0 Å². The third kappa shape index (κ3) is 3.32. The normalized spacial score (nSPS) is 11.6. The predicted molar refractivity (Wildman–Crippen MR) is 68.6 cm³/mol. The van der Waals surface area contributed by atoms with Gasteiger partial charge >= 0.3 is 6.18 Å². The highest BCUT2D eigenvalue weighted by molar-refractivity contribution is 7.80. The molecule has 2 N–H and O–H groups in total. The Morgan fingerprint density at radius 1 is 1.30 bits per heavy atom. The number of halogens is 4. The first kappa shape index (κ1) is 14.4. The fourth-order valence-electron chi connectivity index (χ4n) is 1.67. The zero-order chi connectivity index (χ0) is 14.9. The minimum absolute atomic E-state index is 0.0105. The van der Waals surface area contributed by atoms with Crippen LogP contribution in [-0.4, -0.2) is 14.8 Å². The Labute approximate surface area is 117 Å². The van der Waals surface area contributed by atoms with Gasteiger partial charge in [0.15, 0.2) is 0 Å². The molecule has 1 aromatic heterocycles. The third-order valence-electron chi connectivity index (χ3n) is 2.55. The van der Waals surface area contributed by atoms with E-state index < -0.39 is 17.6 Å². The monoisotopic (exact) mass is 303 g/mol. The van der Waals surface area contributed by atoms with Gasteiger partial charge in [-0.2, -0.15) is 18.3 Å². The molecule has 0 saturated carbocycles. The van der Waals surface area contributed by atoms with Gasteiger partial charge in [0.25, 0.3) is 0 Å². The van der Waals surface area contributed by atoms with Crippen molar-refractivity contribution < 1.29 is 17.6 Å². The average molecular weight is 303 g/mol. The molecule has 0 radical (unpaired) electrons. The third-order valence-corrected chi connectivity index (χ3v) is 2.78. The van der Waals surface area contributed by atoms with Crippen molar-refractivity contribution in [2.45, 2.75) is 12.7 Å². The van der Waals surface area contributed by atoms with Crippen LogP contribution in [0, 0.1) is 5.82 Å². The first-order valence-corrected chi connectivity index (χ1v) is 5.85. The maximum atomic E-state index is 13.4. The molecule has 0 aliphatic rings. The van der Waals surface area contributed by atoms with Crippen LogP contribution in [-0.2, 0) is 12.7 Å². The van der Waals surface area contributed by atoms with Crippen LogP contribution in [0.25, 0.3) is 0 Å². The zero-order valence-corrected chi connectivity index (χ0v) is 10.8. The molecule has 0 saturated heterocycles. The Kier molecular flexibility index (Phi) is 3.76. The number of aromatic nitrogens is 2. The quantitative estimate of drug-likeness (QED) is 0.700. The van der Waals surface area contributed by atoms with Gasteiger partial charge in [0.05, 0.1) is 18.3 Å². The summed E-state index contributed by atoms with van der Waals surface area (Å²) in [4.78, 5) is 0.0159. The van der Waals surface area contributed by atoms with Crippen LogP contribution in [0.4, 0.5) is 17.6 Å². The number of benzene rings is 1. The number of alkyl halides is 3. The minimum Gasteiger partial charge on any atom is -0.389 e. The lowest BCUT2D eigenvalue weighted by Gasteiger charge is -2.06. The van der Waals surface area contributed by atoms with Gasteiger partial charge in [-0.25, -0.2) is 4.39 Å². The molecule has 106 valence electrons. The molecule has 0 bridgehead atoms. The second-order valence-electron chi connectivity index (χ2n) is 4.14. The lowest BCUT2D eigenvalue weighted by atomic mass is 10.1. The molecule has 0 unspecified atom stereocenters. The molecule has 0 fully saturated rings. The van der Waals surface area contributed by atoms with Crippen molar-refractivity contribution in [2.75, 3.05) is 0 Å². The highest BCUT2D eigenvalue weighted by atomic mass is 32.1. The second-order valence-corrected chi connectivity index (χ2v) is 4.58. The molecule has 0 aliphatic carbocycles. The summed E-state index contributed by atoms with van der Waals surface area (Å²) in [6, 6.07) is 3.87. The van der Waals surface area contributed by atoms with E-state index in [-0.39, 0.29) is 11.5 Å². The highest BCUT2D eigenvalue weighted by Crippen LogP contribution is 2.28. The van der Waals surface area contributed by atoms with Crippen molar-refractivity contribution in [3.63, 3.8) is 0 Å². The van der Waals surface area contributed by atoms with Crippen molar-refractivity contribution in [3.05, 3.63) is 53.1 Å². The van der Waals surface area contributed by atoms with E-state index in [1.54, 1.807) is 0 Å². The van der Waals surface area contributed by atoms with E-state index in [4.69, 9.17) is 18.0 Å². The number of thiocarbonyl (C=S) groups is 1. The van der Waals surface area contributed by atoms with E-state index in [1.165, 1.54) is 12.1 Å².